The molecule has 0 saturated heterocycles. The Kier molecular flexibility index (Phi) is 4.35. The molecule has 0 spiro atoms. The van der Waals surface area contributed by atoms with Gasteiger partial charge in [-0.05, 0) is 26.0 Å². The van der Waals surface area contributed by atoms with Crippen molar-refractivity contribution in [1.29, 1.82) is 0 Å². The van der Waals surface area contributed by atoms with Crippen LogP contribution in [0.2, 0.25) is 0 Å². The van der Waals surface area contributed by atoms with Gasteiger partial charge in [-0.3, -0.25) is 0 Å². The summed E-state index contributed by atoms with van der Waals surface area (Å²) in [7, 11) is -3.09. The van der Waals surface area contributed by atoms with Crippen LogP contribution >= 0.6 is 0 Å². The average Bonchev–Trinajstić information content (AvgIpc) is 2.63. The van der Waals surface area contributed by atoms with E-state index < -0.39 is 14.6 Å². The van der Waals surface area contributed by atoms with E-state index >= 15 is 0 Å². The van der Waals surface area contributed by atoms with Gasteiger partial charge in [0.25, 0.3) is 0 Å². The molecule has 0 aliphatic heterocycles. The SMILES string of the molecule is CC(C)(CNCc1ccc(CO)o1)S(C)(=O)=O. The second-order valence-corrected chi connectivity index (χ2v) is 7.31. The van der Waals surface area contributed by atoms with Crippen LogP contribution in [0.4, 0.5) is 0 Å². The third kappa shape index (κ3) is 3.83. The first-order chi connectivity index (χ1) is 7.76. The van der Waals surface area contributed by atoms with Crippen LogP contribution in [-0.4, -0.2) is 31.1 Å². The summed E-state index contributed by atoms with van der Waals surface area (Å²) in [5.74, 6) is 1.18. The normalized spacial score (nSPS) is 12.9. The number of hydrogen-bond acceptors (Lipinski definition) is 5. The first-order valence-corrected chi connectivity index (χ1v) is 7.24. The largest absolute Gasteiger partial charge is 0.462 e. The summed E-state index contributed by atoms with van der Waals surface area (Å²) >= 11 is 0. The van der Waals surface area contributed by atoms with Crippen LogP contribution in [0.1, 0.15) is 25.4 Å². The molecular formula is C11H19NO4S. The van der Waals surface area contributed by atoms with Crippen molar-refractivity contribution in [2.45, 2.75) is 31.7 Å². The summed E-state index contributed by atoms with van der Waals surface area (Å²) in [6.07, 6.45) is 1.23. The van der Waals surface area contributed by atoms with Crippen LogP contribution in [0, 0.1) is 0 Å². The molecule has 6 heteroatoms. The van der Waals surface area contributed by atoms with Gasteiger partial charge in [-0.1, -0.05) is 0 Å². The van der Waals surface area contributed by atoms with Crippen molar-refractivity contribution < 1.29 is 17.9 Å². The van der Waals surface area contributed by atoms with Gasteiger partial charge in [0.05, 0.1) is 11.3 Å². The Morgan fingerprint density at radius 1 is 1.35 bits per heavy atom. The lowest BCUT2D eigenvalue weighted by Crippen LogP contribution is -2.41. The highest BCUT2D eigenvalue weighted by Gasteiger charge is 2.29. The number of hydrogen-bond donors (Lipinski definition) is 2. The Labute approximate surface area is 102 Å². The molecule has 0 saturated carbocycles. The molecule has 0 unspecified atom stereocenters. The van der Waals surface area contributed by atoms with Crippen molar-refractivity contribution in [2.75, 3.05) is 12.8 Å². The van der Waals surface area contributed by atoms with Gasteiger partial charge in [0.15, 0.2) is 9.84 Å². The maximum atomic E-state index is 11.4. The topological polar surface area (TPSA) is 79.5 Å². The van der Waals surface area contributed by atoms with Gasteiger partial charge in [-0.25, -0.2) is 8.42 Å². The molecule has 1 aromatic rings. The van der Waals surface area contributed by atoms with Gasteiger partial charge in [-0.2, -0.15) is 0 Å². The van der Waals surface area contributed by atoms with Gasteiger partial charge in [0.1, 0.15) is 18.1 Å². The molecule has 0 aromatic carbocycles. The first kappa shape index (κ1) is 14.2. The van der Waals surface area contributed by atoms with E-state index in [-0.39, 0.29) is 6.61 Å². The minimum atomic E-state index is -3.09. The fourth-order valence-corrected chi connectivity index (χ4v) is 1.58. The Hall–Kier alpha value is -0.850. The zero-order chi connectivity index (χ0) is 13.1. The van der Waals surface area contributed by atoms with E-state index in [9.17, 15) is 8.42 Å². The molecule has 0 fully saturated rings. The minimum absolute atomic E-state index is 0.130. The Balaban J connectivity index is 2.48. The average molecular weight is 261 g/mol. The third-order valence-electron chi connectivity index (χ3n) is 2.73. The molecule has 0 aliphatic rings. The molecule has 0 bridgehead atoms. The standard InChI is InChI=1S/C11H19NO4S/c1-11(2,17(3,14)15)8-12-6-9-4-5-10(7-13)16-9/h4-5,12-13H,6-8H2,1-3H3. The van der Waals surface area contributed by atoms with Crippen LogP contribution in [0.25, 0.3) is 0 Å². The molecule has 17 heavy (non-hydrogen) atoms. The number of sulfone groups is 1. The van der Waals surface area contributed by atoms with Crippen molar-refractivity contribution in [3.05, 3.63) is 23.7 Å². The predicted molar refractivity (Wildman–Crippen MR) is 65.3 cm³/mol. The fourth-order valence-electron chi connectivity index (χ4n) is 1.22. The number of furan rings is 1. The second kappa shape index (κ2) is 5.20. The zero-order valence-electron chi connectivity index (χ0n) is 10.4. The second-order valence-electron chi connectivity index (χ2n) is 4.66. The van der Waals surface area contributed by atoms with E-state index in [1.807, 2.05) is 0 Å². The van der Waals surface area contributed by atoms with Gasteiger partial charge in [0, 0.05) is 12.8 Å². The molecule has 5 nitrogen and oxygen atoms in total. The van der Waals surface area contributed by atoms with Crippen LogP contribution in [0.15, 0.2) is 16.5 Å². The molecule has 1 rings (SSSR count). The third-order valence-corrected chi connectivity index (χ3v) is 4.88. The van der Waals surface area contributed by atoms with E-state index in [0.717, 1.165) is 0 Å². The maximum Gasteiger partial charge on any atom is 0.153 e. The van der Waals surface area contributed by atoms with E-state index in [1.165, 1.54) is 6.26 Å². The quantitative estimate of drug-likeness (QED) is 0.787. The Morgan fingerprint density at radius 3 is 2.41 bits per heavy atom. The smallest absolute Gasteiger partial charge is 0.153 e. The lowest BCUT2D eigenvalue weighted by molar-refractivity contribution is 0.242. The molecule has 0 atom stereocenters. The molecule has 0 amide bonds. The highest BCUT2D eigenvalue weighted by atomic mass is 32.2. The van der Waals surface area contributed by atoms with Gasteiger partial charge in [-0.15, -0.1) is 0 Å². The molecule has 0 aliphatic carbocycles. The Morgan fingerprint density at radius 2 is 1.94 bits per heavy atom. The van der Waals surface area contributed by atoms with Gasteiger partial charge < -0.3 is 14.8 Å². The summed E-state index contributed by atoms with van der Waals surface area (Å²) in [6, 6.07) is 3.45. The molecule has 0 radical (unpaired) electrons. The summed E-state index contributed by atoms with van der Waals surface area (Å²) in [4.78, 5) is 0. The van der Waals surface area contributed by atoms with Gasteiger partial charge in [0.2, 0.25) is 0 Å². The van der Waals surface area contributed by atoms with E-state index in [0.29, 0.717) is 24.6 Å². The van der Waals surface area contributed by atoms with Crippen LogP contribution in [0.3, 0.4) is 0 Å². The first-order valence-electron chi connectivity index (χ1n) is 5.35. The number of aliphatic hydroxyl groups is 1. The monoisotopic (exact) mass is 261 g/mol. The van der Waals surface area contributed by atoms with Crippen molar-refractivity contribution in [3.63, 3.8) is 0 Å². The summed E-state index contributed by atoms with van der Waals surface area (Å²) in [6.45, 7) is 4.02. The van der Waals surface area contributed by atoms with Crippen molar-refractivity contribution >= 4 is 9.84 Å². The maximum absolute atomic E-state index is 11.4. The summed E-state index contributed by atoms with van der Waals surface area (Å²) < 4.78 is 27.4. The summed E-state index contributed by atoms with van der Waals surface area (Å²) in [5, 5.41) is 11.9. The van der Waals surface area contributed by atoms with Crippen molar-refractivity contribution in [1.82, 2.24) is 5.32 Å². The van der Waals surface area contributed by atoms with Crippen molar-refractivity contribution in [2.24, 2.45) is 0 Å². The molecule has 2 N–H and O–H groups in total. The van der Waals surface area contributed by atoms with E-state index in [4.69, 9.17) is 9.52 Å². The molecule has 98 valence electrons. The fraction of sp³-hybridized carbons (Fsp3) is 0.636. The highest BCUT2D eigenvalue weighted by Crippen LogP contribution is 2.14. The predicted octanol–water partition coefficient (Wildman–Crippen LogP) is 0.685. The van der Waals surface area contributed by atoms with Gasteiger partial charge >= 0.3 is 0 Å². The van der Waals surface area contributed by atoms with Crippen LogP contribution in [-0.2, 0) is 23.0 Å². The van der Waals surface area contributed by atoms with Crippen LogP contribution in [0.5, 0.6) is 0 Å². The van der Waals surface area contributed by atoms with E-state index in [2.05, 4.69) is 5.32 Å². The number of aliphatic hydroxyl groups excluding tert-OH is 1. The molecule has 1 aromatic heterocycles. The lowest BCUT2D eigenvalue weighted by atomic mass is 10.2. The number of nitrogens with one attached hydrogen (secondary N) is 1. The molecule has 1 heterocycles. The van der Waals surface area contributed by atoms with E-state index in [1.54, 1.807) is 26.0 Å². The van der Waals surface area contributed by atoms with Crippen LogP contribution < -0.4 is 5.32 Å². The van der Waals surface area contributed by atoms with Crippen molar-refractivity contribution in [3.8, 4) is 0 Å². The zero-order valence-corrected chi connectivity index (χ0v) is 11.2. The summed E-state index contributed by atoms with van der Waals surface area (Å²) in [5.41, 5.74) is 0. The number of rotatable bonds is 6. The highest BCUT2D eigenvalue weighted by molar-refractivity contribution is 7.92. The molecular weight excluding hydrogens is 242 g/mol. The minimum Gasteiger partial charge on any atom is -0.462 e. The Bertz CT molecular complexity index is 462. The lowest BCUT2D eigenvalue weighted by Gasteiger charge is -2.22.